The van der Waals surface area contributed by atoms with E-state index in [1.165, 1.54) is 16.4 Å². The zero-order chi connectivity index (χ0) is 23.2. The SMILES string of the molecule is N#Cc1ccc2nc(NC3CC3)c(N3CCN(S(=O)(=O)c4cc(Cl)ccc4Cl)CC3)nc2c1. The third-order valence-electron chi connectivity index (χ3n) is 5.74. The van der Waals surface area contributed by atoms with Crippen LogP contribution in [0.4, 0.5) is 11.6 Å². The lowest BCUT2D eigenvalue weighted by Gasteiger charge is -2.35. The number of hydrogen-bond acceptors (Lipinski definition) is 7. The minimum atomic E-state index is -3.78. The molecule has 8 nitrogen and oxygen atoms in total. The number of anilines is 2. The van der Waals surface area contributed by atoms with Crippen LogP contribution < -0.4 is 10.2 Å². The van der Waals surface area contributed by atoms with Gasteiger partial charge in [-0.15, -0.1) is 0 Å². The molecule has 0 atom stereocenters. The lowest BCUT2D eigenvalue weighted by molar-refractivity contribution is 0.384. The second-order valence-electron chi connectivity index (χ2n) is 8.10. The molecule has 1 N–H and O–H groups in total. The number of benzene rings is 2. The highest BCUT2D eigenvalue weighted by Crippen LogP contribution is 2.33. The monoisotopic (exact) mass is 502 g/mol. The van der Waals surface area contributed by atoms with E-state index in [2.05, 4.69) is 11.4 Å². The van der Waals surface area contributed by atoms with Crippen LogP contribution in [-0.4, -0.2) is 54.9 Å². The fraction of sp³-hybridized carbons (Fsp3) is 0.318. The summed E-state index contributed by atoms with van der Waals surface area (Å²) in [6.45, 7) is 1.42. The van der Waals surface area contributed by atoms with Crippen LogP contribution >= 0.6 is 23.2 Å². The Kier molecular flexibility index (Phi) is 5.79. The van der Waals surface area contributed by atoms with Gasteiger partial charge in [0, 0.05) is 37.2 Å². The molecule has 1 saturated carbocycles. The third kappa shape index (κ3) is 4.44. The van der Waals surface area contributed by atoms with Crippen LogP contribution in [0.3, 0.4) is 0 Å². The maximum atomic E-state index is 13.2. The number of nitrogens with zero attached hydrogens (tertiary/aromatic N) is 5. The fourth-order valence-corrected chi connectivity index (χ4v) is 5.97. The average molecular weight is 503 g/mol. The van der Waals surface area contributed by atoms with Crippen LogP contribution in [0.15, 0.2) is 41.3 Å². The number of aromatic nitrogens is 2. The van der Waals surface area contributed by atoms with Crippen LogP contribution in [0.25, 0.3) is 11.0 Å². The second-order valence-corrected chi connectivity index (χ2v) is 10.8. The van der Waals surface area contributed by atoms with Crippen molar-refractivity contribution in [1.29, 1.82) is 5.26 Å². The van der Waals surface area contributed by atoms with E-state index in [0.717, 1.165) is 12.8 Å². The summed E-state index contributed by atoms with van der Waals surface area (Å²) in [6.07, 6.45) is 2.16. The Morgan fingerprint density at radius 1 is 1.00 bits per heavy atom. The van der Waals surface area contributed by atoms with Gasteiger partial charge < -0.3 is 10.2 Å². The molecule has 1 saturated heterocycles. The predicted molar refractivity (Wildman–Crippen MR) is 128 cm³/mol. The highest BCUT2D eigenvalue weighted by atomic mass is 35.5. The van der Waals surface area contributed by atoms with Crippen molar-refractivity contribution in [3.8, 4) is 6.07 Å². The maximum Gasteiger partial charge on any atom is 0.244 e. The summed E-state index contributed by atoms with van der Waals surface area (Å²) in [5.41, 5.74) is 1.85. The summed E-state index contributed by atoms with van der Waals surface area (Å²) < 4.78 is 27.7. The topological polar surface area (TPSA) is 102 Å². The molecule has 0 spiro atoms. The molecule has 2 heterocycles. The molecule has 0 unspecified atom stereocenters. The first-order valence-electron chi connectivity index (χ1n) is 10.5. The zero-order valence-electron chi connectivity index (χ0n) is 17.5. The van der Waals surface area contributed by atoms with Crippen molar-refractivity contribution in [2.75, 3.05) is 36.4 Å². The van der Waals surface area contributed by atoms with Gasteiger partial charge in [-0.2, -0.15) is 9.57 Å². The Morgan fingerprint density at radius 2 is 1.76 bits per heavy atom. The fourth-order valence-electron chi connectivity index (χ4n) is 3.81. The first-order valence-corrected chi connectivity index (χ1v) is 12.7. The minimum absolute atomic E-state index is 0.00994. The highest BCUT2D eigenvalue weighted by Gasteiger charge is 2.32. The van der Waals surface area contributed by atoms with Crippen molar-refractivity contribution >= 4 is 55.9 Å². The summed E-state index contributed by atoms with van der Waals surface area (Å²) in [6, 6.07) is 12.2. The summed E-state index contributed by atoms with van der Waals surface area (Å²) in [5, 5.41) is 13.1. The van der Waals surface area contributed by atoms with Gasteiger partial charge in [-0.1, -0.05) is 23.2 Å². The number of nitriles is 1. The lowest BCUT2D eigenvalue weighted by Crippen LogP contribution is -2.49. The molecule has 5 rings (SSSR count). The summed E-state index contributed by atoms with van der Waals surface area (Å²) in [5.74, 6) is 1.35. The molecule has 2 fully saturated rings. The van der Waals surface area contributed by atoms with Gasteiger partial charge in [0.1, 0.15) is 4.90 Å². The minimum Gasteiger partial charge on any atom is -0.364 e. The second kappa shape index (κ2) is 8.61. The Bertz CT molecular complexity index is 1380. The van der Waals surface area contributed by atoms with Gasteiger partial charge >= 0.3 is 0 Å². The molecule has 1 aromatic heterocycles. The quantitative estimate of drug-likeness (QED) is 0.564. The Balaban J connectivity index is 1.42. The van der Waals surface area contributed by atoms with Crippen molar-refractivity contribution in [3.63, 3.8) is 0 Å². The van der Waals surface area contributed by atoms with E-state index >= 15 is 0 Å². The normalized spacial score (nSPS) is 17.2. The number of piperazine rings is 1. The van der Waals surface area contributed by atoms with E-state index in [0.29, 0.717) is 52.4 Å². The van der Waals surface area contributed by atoms with Gasteiger partial charge in [0.05, 0.1) is 27.7 Å². The predicted octanol–water partition coefficient (Wildman–Crippen LogP) is 3.89. The van der Waals surface area contributed by atoms with Crippen molar-refractivity contribution < 1.29 is 8.42 Å². The van der Waals surface area contributed by atoms with Crippen LogP contribution in [0.1, 0.15) is 18.4 Å². The molecule has 2 aromatic carbocycles. The molecule has 0 radical (unpaired) electrons. The van der Waals surface area contributed by atoms with E-state index in [1.54, 1.807) is 24.3 Å². The standard InChI is InChI=1S/C22H20Cl2N6O2S/c23-15-2-5-17(24)20(12-15)33(31,32)30-9-7-29(8-10-30)22-21(26-16-3-4-16)27-18-6-1-14(13-25)11-19(18)28-22/h1-2,5-6,11-12,16H,3-4,7-10H2,(H,26,27). The maximum absolute atomic E-state index is 13.2. The smallest absolute Gasteiger partial charge is 0.244 e. The van der Waals surface area contributed by atoms with Crippen LogP contribution in [0.2, 0.25) is 10.0 Å². The molecule has 0 amide bonds. The summed E-state index contributed by atoms with van der Waals surface area (Å²) >= 11 is 12.2. The van der Waals surface area contributed by atoms with Gasteiger partial charge in [-0.25, -0.2) is 18.4 Å². The summed E-state index contributed by atoms with van der Waals surface area (Å²) in [4.78, 5) is 11.6. The summed E-state index contributed by atoms with van der Waals surface area (Å²) in [7, 11) is -3.78. The molecule has 11 heteroatoms. The van der Waals surface area contributed by atoms with Crippen molar-refractivity contribution in [3.05, 3.63) is 52.0 Å². The molecule has 2 aliphatic rings. The van der Waals surface area contributed by atoms with E-state index in [9.17, 15) is 13.7 Å². The molecule has 170 valence electrons. The third-order valence-corrected chi connectivity index (χ3v) is 8.36. The number of halogens is 2. The van der Waals surface area contributed by atoms with Crippen molar-refractivity contribution in [2.24, 2.45) is 0 Å². The molecular formula is C22H20Cl2N6O2S. The first kappa shape index (κ1) is 22.2. The molecular weight excluding hydrogens is 483 g/mol. The van der Waals surface area contributed by atoms with Gasteiger partial charge in [0.2, 0.25) is 10.0 Å². The number of fused-ring (bicyclic) bond motifs is 1. The number of nitrogens with one attached hydrogen (secondary N) is 1. The van der Waals surface area contributed by atoms with Gasteiger partial charge in [-0.3, -0.25) is 0 Å². The van der Waals surface area contributed by atoms with E-state index in [-0.39, 0.29) is 23.0 Å². The zero-order valence-corrected chi connectivity index (χ0v) is 19.8. The Morgan fingerprint density at radius 3 is 2.45 bits per heavy atom. The van der Waals surface area contributed by atoms with Crippen LogP contribution in [0, 0.1) is 11.3 Å². The Labute approximate surface area is 201 Å². The molecule has 3 aromatic rings. The molecule has 0 bridgehead atoms. The van der Waals surface area contributed by atoms with Gasteiger partial charge in [-0.05, 0) is 49.2 Å². The number of hydrogen-bond donors (Lipinski definition) is 1. The number of sulfonamides is 1. The highest BCUT2D eigenvalue weighted by molar-refractivity contribution is 7.89. The van der Waals surface area contributed by atoms with E-state index in [4.69, 9.17) is 33.2 Å². The Hall–Kier alpha value is -2.64. The number of rotatable bonds is 5. The van der Waals surface area contributed by atoms with E-state index in [1.807, 2.05) is 4.90 Å². The largest absolute Gasteiger partial charge is 0.364 e. The van der Waals surface area contributed by atoms with Crippen molar-refractivity contribution in [2.45, 2.75) is 23.8 Å². The van der Waals surface area contributed by atoms with Crippen LogP contribution in [0.5, 0.6) is 0 Å². The lowest BCUT2D eigenvalue weighted by atomic mass is 10.2. The molecule has 33 heavy (non-hydrogen) atoms. The molecule has 1 aliphatic heterocycles. The van der Waals surface area contributed by atoms with E-state index < -0.39 is 10.0 Å². The average Bonchev–Trinajstić information content (AvgIpc) is 3.64. The van der Waals surface area contributed by atoms with Gasteiger partial charge in [0.15, 0.2) is 11.6 Å². The first-order chi connectivity index (χ1) is 15.8. The van der Waals surface area contributed by atoms with Crippen LogP contribution in [-0.2, 0) is 10.0 Å². The molecule has 1 aliphatic carbocycles. The van der Waals surface area contributed by atoms with Gasteiger partial charge in [0.25, 0.3) is 0 Å². The van der Waals surface area contributed by atoms with Crippen molar-refractivity contribution in [1.82, 2.24) is 14.3 Å².